The van der Waals surface area contributed by atoms with Crippen molar-refractivity contribution < 1.29 is 4.79 Å². The van der Waals surface area contributed by atoms with E-state index in [4.69, 9.17) is 0 Å². The van der Waals surface area contributed by atoms with Crippen LogP contribution in [0.2, 0.25) is 0 Å². The summed E-state index contributed by atoms with van der Waals surface area (Å²) in [5, 5.41) is 2.98. The Bertz CT molecular complexity index is 369. The van der Waals surface area contributed by atoms with E-state index >= 15 is 0 Å². The van der Waals surface area contributed by atoms with Crippen LogP contribution < -0.4 is 5.32 Å². The minimum absolute atomic E-state index is 0.0935. The highest BCUT2D eigenvalue weighted by atomic mass is 16.1. The van der Waals surface area contributed by atoms with Crippen LogP contribution in [0.4, 0.5) is 0 Å². The Morgan fingerprint density at radius 2 is 2.12 bits per heavy atom. The van der Waals surface area contributed by atoms with Gasteiger partial charge in [-0.2, -0.15) is 0 Å². The molecule has 0 aliphatic heterocycles. The van der Waals surface area contributed by atoms with Crippen LogP contribution in [0.25, 0.3) is 0 Å². The number of carbonyl (C=O) groups excluding carboxylic acids is 1. The summed E-state index contributed by atoms with van der Waals surface area (Å²) in [6.07, 6.45) is 4.64. The third-order valence-electron chi connectivity index (χ3n) is 3.04. The van der Waals surface area contributed by atoms with Crippen molar-refractivity contribution in [2.75, 3.05) is 6.54 Å². The van der Waals surface area contributed by atoms with Gasteiger partial charge in [-0.25, -0.2) is 0 Å². The molecule has 0 aromatic heterocycles. The zero-order valence-electron chi connectivity index (χ0n) is 9.83. The first-order chi connectivity index (χ1) is 7.83. The molecule has 1 aliphatic rings. The number of rotatable bonds is 5. The largest absolute Gasteiger partial charge is 0.352 e. The van der Waals surface area contributed by atoms with Gasteiger partial charge in [0.2, 0.25) is 0 Å². The molecule has 1 N–H and O–H groups in total. The maximum Gasteiger partial charge on any atom is 0.251 e. The summed E-state index contributed by atoms with van der Waals surface area (Å²) in [5.41, 5.74) is 2.11. The van der Waals surface area contributed by atoms with E-state index in [0.717, 1.165) is 24.9 Å². The smallest absolute Gasteiger partial charge is 0.251 e. The quantitative estimate of drug-likeness (QED) is 0.754. The lowest BCUT2D eigenvalue weighted by atomic mass is 10.0. The fourth-order valence-corrected chi connectivity index (χ4v) is 1.93. The third-order valence-corrected chi connectivity index (χ3v) is 3.04. The van der Waals surface area contributed by atoms with Crippen LogP contribution in [0.1, 0.15) is 54.4 Å². The molecule has 1 aromatic carbocycles. The van der Waals surface area contributed by atoms with Crippen molar-refractivity contribution in [1.29, 1.82) is 0 Å². The highest BCUT2D eigenvalue weighted by Crippen LogP contribution is 2.41. The van der Waals surface area contributed by atoms with Crippen LogP contribution >= 0.6 is 0 Å². The molecule has 0 bridgehead atoms. The van der Waals surface area contributed by atoms with E-state index in [2.05, 4.69) is 18.3 Å². The molecule has 0 atom stereocenters. The zero-order chi connectivity index (χ0) is 11.4. The Morgan fingerprint density at radius 1 is 1.38 bits per heavy atom. The van der Waals surface area contributed by atoms with E-state index in [1.165, 1.54) is 18.4 Å². The lowest BCUT2D eigenvalue weighted by Crippen LogP contribution is -2.25. The van der Waals surface area contributed by atoms with E-state index in [1.54, 1.807) is 0 Å². The van der Waals surface area contributed by atoms with Gasteiger partial charge in [-0.3, -0.25) is 4.79 Å². The summed E-state index contributed by atoms with van der Waals surface area (Å²) < 4.78 is 0. The van der Waals surface area contributed by atoms with Gasteiger partial charge in [0.25, 0.3) is 5.91 Å². The predicted molar refractivity (Wildman–Crippen MR) is 65.7 cm³/mol. The Balaban J connectivity index is 2.04. The molecule has 16 heavy (non-hydrogen) atoms. The highest BCUT2D eigenvalue weighted by Gasteiger charge is 2.27. The summed E-state index contributed by atoms with van der Waals surface area (Å²) in [4.78, 5) is 12.0. The lowest BCUT2D eigenvalue weighted by Gasteiger charge is -2.08. The molecule has 0 spiro atoms. The summed E-state index contributed by atoms with van der Waals surface area (Å²) in [5.74, 6) is 0.726. The highest BCUT2D eigenvalue weighted by molar-refractivity contribution is 5.95. The van der Waals surface area contributed by atoms with Crippen molar-refractivity contribution in [2.24, 2.45) is 0 Å². The summed E-state index contributed by atoms with van der Waals surface area (Å²) in [7, 11) is 0. The van der Waals surface area contributed by atoms with Gasteiger partial charge in [-0.1, -0.05) is 31.5 Å². The Hall–Kier alpha value is -1.31. The first kappa shape index (κ1) is 11.2. The molecular weight excluding hydrogens is 198 g/mol. The fourth-order valence-electron chi connectivity index (χ4n) is 1.93. The molecule has 86 valence electrons. The summed E-state index contributed by atoms with van der Waals surface area (Å²) in [6.45, 7) is 2.92. The molecule has 2 rings (SSSR count). The fraction of sp³-hybridized carbons (Fsp3) is 0.500. The van der Waals surface area contributed by atoms with Crippen LogP contribution in [0.5, 0.6) is 0 Å². The molecule has 0 heterocycles. The second-order valence-corrected chi connectivity index (χ2v) is 4.47. The number of amides is 1. The van der Waals surface area contributed by atoms with Crippen molar-refractivity contribution in [3.8, 4) is 0 Å². The summed E-state index contributed by atoms with van der Waals surface area (Å²) >= 11 is 0. The van der Waals surface area contributed by atoms with Crippen LogP contribution in [-0.2, 0) is 0 Å². The van der Waals surface area contributed by atoms with Crippen LogP contribution in [0.3, 0.4) is 0 Å². The minimum Gasteiger partial charge on any atom is -0.352 e. The lowest BCUT2D eigenvalue weighted by molar-refractivity contribution is 0.0952. The third kappa shape index (κ3) is 2.63. The monoisotopic (exact) mass is 217 g/mol. The van der Waals surface area contributed by atoms with Crippen molar-refractivity contribution in [3.63, 3.8) is 0 Å². The van der Waals surface area contributed by atoms with Gasteiger partial charge in [0.05, 0.1) is 0 Å². The van der Waals surface area contributed by atoms with Crippen LogP contribution in [-0.4, -0.2) is 12.5 Å². The molecular formula is C14H19NO. The van der Waals surface area contributed by atoms with E-state index in [-0.39, 0.29) is 5.91 Å². The van der Waals surface area contributed by atoms with Crippen LogP contribution in [0, 0.1) is 0 Å². The van der Waals surface area contributed by atoms with Crippen molar-refractivity contribution in [1.82, 2.24) is 5.32 Å². The minimum atomic E-state index is 0.0935. The SMILES string of the molecule is CCCCNC(=O)c1ccccc1C1CC1. The first-order valence-electron chi connectivity index (χ1n) is 6.20. The van der Waals surface area contributed by atoms with Gasteiger partial charge >= 0.3 is 0 Å². The summed E-state index contributed by atoms with van der Waals surface area (Å²) in [6, 6.07) is 8.00. The molecule has 1 amide bonds. The van der Waals surface area contributed by atoms with Crippen molar-refractivity contribution in [3.05, 3.63) is 35.4 Å². The standard InChI is InChI=1S/C14H19NO/c1-2-3-10-15-14(16)13-7-5-4-6-12(13)11-8-9-11/h4-7,11H,2-3,8-10H2,1H3,(H,15,16). The number of carbonyl (C=O) groups is 1. The van der Waals surface area contributed by atoms with E-state index in [1.807, 2.05) is 18.2 Å². The van der Waals surface area contributed by atoms with Gasteiger partial charge < -0.3 is 5.32 Å². The number of unbranched alkanes of at least 4 members (excludes halogenated alkanes) is 1. The molecule has 1 aromatic rings. The Kier molecular flexibility index (Phi) is 3.60. The number of nitrogens with one attached hydrogen (secondary N) is 1. The molecule has 1 aliphatic carbocycles. The van der Waals surface area contributed by atoms with E-state index in [9.17, 15) is 4.79 Å². The molecule has 2 heteroatoms. The van der Waals surface area contributed by atoms with Gasteiger partial charge in [0, 0.05) is 12.1 Å². The average Bonchev–Trinajstić information content (AvgIpc) is 3.13. The van der Waals surface area contributed by atoms with E-state index < -0.39 is 0 Å². The zero-order valence-corrected chi connectivity index (χ0v) is 9.83. The topological polar surface area (TPSA) is 29.1 Å². The predicted octanol–water partition coefficient (Wildman–Crippen LogP) is 3.09. The maximum absolute atomic E-state index is 12.0. The van der Waals surface area contributed by atoms with Gasteiger partial charge in [0.15, 0.2) is 0 Å². The molecule has 2 nitrogen and oxygen atoms in total. The van der Waals surface area contributed by atoms with E-state index in [0.29, 0.717) is 5.92 Å². The first-order valence-corrected chi connectivity index (χ1v) is 6.20. The number of benzene rings is 1. The van der Waals surface area contributed by atoms with Gasteiger partial charge in [-0.05, 0) is 36.8 Å². The number of hydrogen-bond donors (Lipinski definition) is 1. The normalized spacial score (nSPS) is 14.8. The van der Waals surface area contributed by atoms with Crippen LogP contribution in [0.15, 0.2) is 24.3 Å². The maximum atomic E-state index is 12.0. The molecule has 0 radical (unpaired) electrons. The van der Waals surface area contributed by atoms with Crippen molar-refractivity contribution >= 4 is 5.91 Å². The molecule has 0 saturated heterocycles. The average molecular weight is 217 g/mol. The van der Waals surface area contributed by atoms with Crippen molar-refractivity contribution in [2.45, 2.75) is 38.5 Å². The molecule has 1 fully saturated rings. The Morgan fingerprint density at radius 3 is 2.81 bits per heavy atom. The number of hydrogen-bond acceptors (Lipinski definition) is 1. The van der Waals surface area contributed by atoms with Gasteiger partial charge in [-0.15, -0.1) is 0 Å². The second-order valence-electron chi connectivity index (χ2n) is 4.47. The Labute approximate surface area is 97.1 Å². The molecule has 0 unspecified atom stereocenters. The second kappa shape index (κ2) is 5.15. The molecule has 1 saturated carbocycles. The van der Waals surface area contributed by atoms with Gasteiger partial charge in [0.1, 0.15) is 0 Å².